The van der Waals surface area contributed by atoms with Crippen molar-refractivity contribution in [1.82, 2.24) is 5.32 Å². The summed E-state index contributed by atoms with van der Waals surface area (Å²) in [5.74, 6) is 0.915. The summed E-state index contributed by atoms with van der Waals surface area (Å²) < 4.78 is 5.15. The molecule has 0 aliphatic heterocycles. The van der Waals surface area contributed by atoms with E-state index in [0.717, 1.165) is 17.7 Å². The van der Waals surface area contributed by atoms with E-state index in [9.17, 15) is 4.79 Å². The predicted molar refractivity (Wildman–Crippen MR) is 98.5 cm³/mol. The molecule has 2 aromatic rings. The predicted octanol–water partition coefficient (Wildman–Crippen LogP) is 4.43. The summed E-state index contributed by atoms with van der Waals surface area (Å²) in [6, 6.07) is 12.2. The zero-order valence-corrected chi connectivity index (χ0v) is 15.3. The molecule has 1 amide bonds. The van der Waals surface area contributed by atoms with Crippen LogP contribution in [-0.2, 0) is 11.2 Å². The van der Waals surface area contributed by atoms with Crippen molar-refractivity contribution in [2.75, 3.05) is 7.11 Å². The highest BCUT2D eigenvalue weighted by molar-refractivity contribution is 5.76. The molecular formula is C21H27NO2. The lowest BCUT2D eigenvalue weighted by molar-refractivity contribution is -0.121. The number of hydrogen-bond donors (Lipinski definition) is 1. The Kier molecular flexibility index (Phi) is 6.02. The summed E-state index contributed by atoms with van der Waals surface area (Å²) in [5, 5.41) is 3.11. The van der Waals surface area contributed by atoms with Crippen LogP contribution in [0.2, 0.25) is 0 Å². The third kappa shape index (κ3) is 4.60. The van der Waals surface area contributed by atoms with Gasteiger partial charge in [0.15, 0.2) is 0 Å². The molecule has 0 unspecified atom stereocenters. The number of benzene rings is 2. The van der Waals surface area contributed by atoms with Crippen LogP contribution in [0.15, 0.2) is 36.4 Å². The Hall–Kier alpha value is -2.29. The van der Waals surface area contributed by atoms with E-state index in [-0.39, 0.29) is 11.9 Å². The molecule has 0 aromatic heterocycles. The van der Waals surface area contributed by atoms with Crippen LogP contribution in [0.5, 0.6) is 5.75 Å². The maximum Gasteiger partial charge on any atom is 0.220 e. The van der Waals surface area contributed by atoms with Crippen LogP contribution in [0.1, 0.15) is 47.2 Å². The third-order valence-corrected chi connectivity index (χ3v) is 4.53. The Morgan fingerprint density at radius 1 is 1.04 bits per heavy atom. The number of carbonyl (C=O) groups is 1. The summed E-state index contributed by atoms with van der Waals surface area (Å²) in [7, 11) is 1.65. The number of aryl methyl sites for hydroxylation is 4. The van der Waals surface area contributed by atoms with Crippen LogP contribution < -0.4 is 10.1 Å². The highest BCUT2D eigenvalue weighted by Gasteiger charge is 2.13. The lowest BCUT2D eigenvalue weighted by Gasteiger charge is -2.18. The Bertz CT molecular complexity index is 705. The Balaban J connectivity index is 1.92. The molecule has 0 saturated heterocycles. The molecule has 0 radical (unpaired) electrons. The summed E-state index contributed by atoms with van der Waals surface area (Å²) in [5.41, 5.74) is 6.10. The van der Waals surface area contributed by atoms with E-state index < -0.39 is 0 Å². The van der Waals surface area contributed by atoms with Crippen LogP contribution in [-0.4, -0.2) is 13.0 Å². The van der Waals surface area contributed by atoms with Gasteiger partial charge in [0.25, 0.3) is 0 Å². The standard InChI is InChI=1S/C21H27NO2/c1-14-12-16(3)20(13-15(14)2)17(4)22-21(23)11-8-18-6-9-19(24-5)10-7-18/h6-7,9-10,12-13,17H,8,11H2,1-5H3,(H,22,23)/t17-/m0/s1. The molecule has 0 heterocycles. The minimum atomic E-state index is 0.0210. The van der Waals surface area contributed by atoms with Crippen LogP contribution >= 0.6 is 0 Å². The molecule has 128 valence electrons. The minimum absolute atomic E-state index is 0.0210. The Morgan fingerprint density at radius 3 is 2.29 bits per heavy atom. The first-order valence-electron chi connectivity index (χ1n) is 8.40. The van der Waals surface area contributed by atoms with Crippen LogP contribution in [0.4, 0.5) is 0 Å². The maximum absolute atomic E-state index is 12.3. The SMILES string of the molecule is COc1ccc(CCC(=O)N[C@@H](C)c2cc(C)c(C)cc2C)cc1. The normalized spacial score (nSPS) is 11.9. The van der Waals surface area contributed by atoms with Crippen molar-refractivity contribution < 1.29 is 9.53 Å². The molecule has 0 aliphatic rings. The fraction of sp³-hybridized carbons (Fsp3) is 0.381. The van der Waals surface area contributed by atoms with Crippen molar-refractivity contribution in [2.45, 2.75) is 46.6 Å². The molecule has 0 aliphatic carbocycles. The molecule has 3 heteroatoms. The number of nitrogens with one attached hydrogen (secondary N) is 1. The number of carbonyl (C=O) groups excluding carboxylic acids is 1. The first-order valence-corrected chi connectivity index (χ1v) is 8.40. The summed E-state index contributed by atoms with van der Waals surface area (Å²) in [4.78, 5) is 12.3. The van der Waals surface area contributed by atoms with E-state index in [0.29, 0.717) is 6.42 Å². The fourth-order valence-electron chi connectivity index (χ4n) is 2.89. The average Bonchev–Trinajstić information content (AvgIpc) is 2.56. The van der Waals surface area contributed by atoms with Gasteiger partial charge in [-0.2, -0.15) is 0 Å². The first kappa shape index (κ1) is 18.1. The minimum Gasteiger partial charge on any atom is -0.497 e. The molecule has 1 atom stereocenters. The molecule has 24 heavy (non-hydrogen) atoms. The molecule has 0 bridgehead atoms. The van der Waals surface area contributed by atoms with Gasteiger partial charge in [-0.05, 0) is 74.1 Å². The first-order chi connectivity index (χ1) is 11.4. The quantitative estimate of drug-likeness (QED) is 0.853. The number of ether oxygens (including phenoxy) is 1. The molecule has 2 rings (SSSR count). The zero-order chi connectivity index (χ0) is 17.7. The van der Waals surface area contributed by atoms with Crippen molar-refractivity contribution in [2.24, 2.45) is 0 Å². The van der Waals surface area contributed by atoms with Gasteiger partial charge in [0, 0.05) is 6.42 Å². The highest BCUT2D eigenvalue weighted by Crippen LogP contribution is 2.22. The van der Waals surface area contributed by atoms with E-state index in [2.05, 4.69) is 38.2 Å². The number of amides is 1. The van der Waals surface area contributed by atoms with Crippen molar-refractivity contribution in [3.05, 3.63) is 64.2 Å². The second-order valence-corrected chi connectivity index (χ2v) is 6.43. The van der Waals surface area contributed by atoms with Crippen molar-refractivity contribution in [3.63, 3.8) is 0 Å². The third-order valence-electron chi connectivity index (χ3n) is 4.53. The van der Waals surface area contributed by atoms with Gasteiger partial charge in [-0.1, -0.05) is 24.3 Å². The zero-order valence-electron chi connectivity index (χ0n) is 15.3. The molecule has 0 saturated carbocycles. The van der Waals surface area contributed by atoms with Crippen molar-refractivity contribution in [3.8, 4) is 5.75 Å². The second-order valence-electron chi connectivity index (χ2n) is 6.43. The largest absolute Gasteiger partial charge is 0.497 e. The van der Waals surface area contributed by atoms with Crippen LogP contribution in [0.25, 0.3) is 0 Å². The highest BCUT2D eigenvalue weighted by atomic mass is 16.5. The van der Waals surface area contributed by atoms with Gasteiger partial charge in [-0.25, -0.2) is 0 Å². The van der Waals surface area contributed by atoms with E-state index >= 15 is 0 Å². The van der Waals surface area contributed by atoms with Gasteiger partial charge in [0.2, 0.25) is 5.91 Å². The van der Waals surface area contributed by atoms with E-state index in [1.54, 1.807) is 7.11 Å². The fourth-order valence-corrected chi connectivity index (χ4v) is 2.89. The van der Waals surface area contributed by atoms with Gasteiger partial charge in [0.05, 0.1) is 13.2 Å². The topological polar surface area (TPSA) is 38.3 Å². The summed E-state index contributed by atoms with van der Waals surface area (Å²) in [6.45, 7) is 8.37. The maximum atomic E-state index is 12.3. The lowest BCUT2D eigenvalue weighted by atomic mass is 9.96. The summed E-state index contributed by atoms with van der Waals surface area (Å²) in [6.07, 6.45) is 1.22. The van der Waals surface area contributed by atoms with E-state index in [1.165, 1.54) is 22.3 Å². The summed E-state index contributed by atoms with van der Waals surface area (Å²) >= 11 is 0. The average molecular weight is 325 g/mol. The van der Waals surface area contributed by atoms with Gasteiger partial charge in [0.1, 0.15) is 5.75 Å². The van der Waals surface area contributed by atoms with Gasteiger partial charge in [-0.3, -0.25) is 4.79 Å². The molecular weight excluding hydrogens is 298 g/mol. The number of methoxy groups -OCH3 is 1. The Morgan fingerprint density at radius 2 is 1.67 bits per heavy atom. The second kappa shape index (κ2) is 8.00. The lowest BCUT2D eigenvalue weighted by Crippen LogP contribution is -2.27. The van der Waals surface area contributed by atoms with Gasteiger partial charge >= 0.3 is 0 Å². The molecule has 0 fully saturated rings. The monoisotopic (exact) mass is 325 g/mol. The number of rotatable bonds is 6. The molecule has 1 N–H and O–H groups in total. The molecule has 2 aromatic carbocycles. The smallest absolute Gasteiger partial charge is 0.220 e. The van der Waals surface area contributed by atoms with Gasteiger partial charge < -0.3 is 10.1 Å². The van der Waals surface area contributed by atoms with Gasteiger partial charge in [-0.15, -0.1) is 0 Å². The van der Waals surface area contributed by atoms with Crippen molar-refractivity contribution in [1.29, 1.82) is 0 Å². The van der Waals surface area contributed by atoms with Crippen LogP contribution in [0, 0.1) is 20.8 Å². The van der Waals surface area contributed by atoms with E-state index in [1.807, 2.05) is 31.2 Å². The molecule has 0 spiro atoms. The number of hydrogen-bond acceptors (Lipinski definition) is 2. The Labute approximate surface area is 145 Å². The molecule has 3 nitrogen and oxygen atoms in total. The van der Waals surface area contributed by atoms with E-state index in [4.69, 9.17) is 4.74 Å². The van der Waals surface area contributed by atoms with Crippen LogP contribution in [0.3, 0.4) is 0 Å². The van der Waals surface area contributed by atoms with Crippen molar-refractivity contribution >= 4 is 5.91 Å².